The van der Waals surface area contributed by atoms with Crippen LogP contribution in [0.2, 0.25) is 0 Å². The molecular weight excluding hydrogens is 342 g/mol. The summed E-state index contributed by atoms with van der Waals surface area (Å²) in [6.07, 6.45) is 7.90. The third-order valence-electron chi connectivity index (χ3n) is 5.07. The zero-order valence-electron chi connectivity index (χ0n) is 16.0. The minimum Gasteiger partial charge on any atom is -0.506 e. The fourth-order valence-electron chi connectivity index (χ4n) is 3.65. The molecule has 3 rings (SSSR count). The predicted molar refractivity (Wildman–Crippen MR) is 102 cm³/mol. The summed E-state index contributed by atoms with van der Waals surface area (Å²) in [5.41, 5.74) is 2.57. The first-order valence-electron chi connectivity index (χ1n) is 9.42. The number of carbonyl (C=O) groups is 1. The molecule has 0 aliphatic carbocycles. The molecule has 2 aromatic rings. The molecule has 1 N–H and O–H groups in total. The molecule has 0 spiro atoms. The van der Waals surface area contributed by atoms with Crippen LogP contribution < -0.4 is 0 Å². The van der Waals surface area contributed by atoms with Crippen molar-refractivity contribution < 1.29 is 9.90 Å². The Labute approximate surface area is 160 Å². The van der Waals surface area contributed by atoms with E-state index in [-0.39, 0.29) is 17.7 Å². The predicted octanol–water partition coefficient (Wildman–Crippen LogP) is 2.29. The van der Waals surface area contributed by atoms with Crippen LogP contribution in [0.3, 0.4) is 0 Å². The highest BCUT2D eigenvalue weighted by Crippen LogP contribution is 2.22. The maximum atomic E-state index is 12.2. The van der Waals surface area contributed by atoms with Crippen molar-refractivity contribution >= 4 is 5.91 Å². The van der Waals surface area contributed by atoms with Crippen molar-refractivity contribution in [3.05, 3.63) is 47.8 Å². The molecule has 1 aliphatic rings. The van der Waals surface area contributed by atoms with Gasteiger partial charge in [0, 0.05) is 56.3 Å². The molecular formula is C20H27N5O2. The number of aromatic hydroxyl groups is 1. The van der Waals surface area contributed by atoms with Gasteiger partial charge in [0.25, 0.3) is 0 Å². The van der Waals surface area contributed by atoms with Crippen LogP contribution in [-0.4, -0.2) is 54.9 Å². The molecule has 0 saturated carbocycles. The number of carbonyl (C=O) groups excluding carboxylic acids is 1. The van der Waals surface area contributed by atoms with Crippen LogP contribution in [0.4, 0.5) is 0 Å². The van der Waals surface area contributed by atoms with E-state index in [9.17, 15) is 9.90 Å². The van der Waals surface area contributed by atoms with Gasteiger partial charge in [-0.1, -0.05) is 0 Å². The molecule has 7 heteroatoms. The van der Waals surface area contributed by atoms with Gasteiger partial charge in [0.1, 0.15) is 12.1 Å². The average molecular weight is 369 g/mol. The summed E-state index contributed by atoms with van der Waals surface area (Å²) < 4.78 is 0. The highest BCUT2D eigenvalue weighted by molar-refractivity contribution is 5.73. The Hall–Kier alpha value is -2.54. The number of amides is 1. The van der Waals surface area contributed by atoms with Crippen LogP contribution in [0.15, 0.2) is 30.9 Å². The van der Waals surface area contributed by atoms with Crippen LogP contribution >= 0.6 is 0 Å². The standard InChI is InChI=1S/C20H27N5O2/c1-15-5-6-20(27)19(23-15)13-24-8-3-4-18(7-9-24)25(16(2)26)12-17-10-21-14-22-11-17/h5-6,10-11,14,18,27H,3-4,7-9,12-13H2,1-2H3/t18-/m1/s1. The van der Waals surface area contributed by atoms with Crippen molar-refractivity contribution in [2.24, 2.45) is 0 Å². The quantitative estimate of drug-likeness (QED) is 0.871. The van der Waals surface area contributed by atoms with E-state index in [1.807, 2.05) is 17.9 Å². The van der Waals surface area contributed by atoms with Crippen LogP contribution in [0.25, 0.3) is 0 Å². The fraction of sp³-hybridized carbons (Fsp3) is 0.500. The Morgan fingerprint density at radius 3 is 2.78 bits per heavy atom. The van der Waals surface area contributed by atoms with E-state index in [2.05, 4.69) is 19.9 Å². The SMILES string of the molecule is CC(=O)N(Cc1cncnc1)[C@@H]1CCCN(Cc2nc(C)ccc2O)CC1. The van der Waals surface area contributed by atoms with Gasteiger partial charge in [-0.3, -0.25) is 14.7 Å². The van der Waals surface area contributed by atoms with Gasteiger partial charge in [-0.25, -0.2) is 9.97 Å². The number of nitrogens with zero attached hydrogens (tertiary/aromatic N) is 5. The van der Waals surface area contributed by atoms with E-state index in [1.54, 1.807) is 25.4 Å². The lowest BCUT2D eigenvalue weighted by atomic mass is 10.1. The molecule has 1 amide bonds. The average Bonchev–Trinajstić information content (AvgIpc) is 2.89. The van der Waals surface area contributed by atoms with Crippen molar-refractivity contribution in [2.75, 3.05) is 13.1 Å². The second kappa shape index (κ2) is 8.90. The molecule has 0 radical (unpaired) electrons. The topological polar surface area (TPSA) is 82.5 Å². The van der Waals surface area contributed by atoms with Crippen molar-refractivity contribution in [3.63, 3.8) is 0 Å². The van der Waals surface area contributed by atoms with Gasteiger partial charge in [0.2, 0.25) is 5.91 Å². The molecule has 0 bridgehead atoms. The smallest absolute Gasteiger partial charge is 0.219 e. The second-order valence-corrected chi connectivity index (χ2v) is 7.17. The molecule has 2 aromatic heterocycles. The zero-order valence-corrected chi connectivity index (χ0v) is 16.0. The number of aryl methyl sites for hydroxylation is 1. The monoisotopic (exact) mass is 369 g/mol. The lowest BCUT2D eigenvalue weighted by Crippen LogP contribution is -2.39. The van der Waals surface area contributed by atoms with Crippen LogP contribution in [0, 0.1) is 6.92 Å². The van der Waals surface area contributed by atoms with Crippen molar-refractivity contribution in [1.82, 2.24) is 24.8 Å². The highest BCUT2D eigenvalue weighted by atomic mass is 16.3. The van der Waals surface area contributed by atoms with E-state index in [0.717, 1.165) is 49.3 Å². The molecule has 0 aromatic carbocycles. The molecule has 3 heterocycles. The molecule has 1 saturated heterocycles. The number of aromatic nitrogens is 3. The Morgan fingerprint density at radius 1 is 1.26 bits per heavy atom. The summed E-state index contributed by atoms with van der Waals surface area (Å²) in [7, 11) is 0. The summed E-state index contributed by atoms with van der Waals surface area (Å²) in [6.45, 7) is 6.54. The van der Waals surface area contributed by atoms with Gasteiger partial charge >= 0.3 is 0 Å². The molecule has 7 nitrogen and oxygen atoms in total. The summed E-state index contributed by atoms with van der Waals surface area (Å²) in [5.74, 6) is 0.325. The van der Waals surface area contributed by atoms with E-state index in [0.29, 0.717) is 13.1 Å². The third-order valence-corrected chi connectivity index (χ3v) is 5.07. The van der Waals surface area contributed by atoms with E-state index < -0.39 is 0 Å². The largest absolute Gasteiger partial charge is 0.506 e. The minimum absolute atomic E-state index is 0.0790. The zero-order chi connectivity index (χ0) is 19.2. The van der Waals surface area contributed by atoms with Crippen LogP contribution in [-0.2, 0) is 17.9 Å². The first-order chi connectivity index (χ1) is 13.0. The highest BCUT2D eigenvalue weighted by Gasteiger charge is 2.25. The molecule has 1 fully saturated rings. The van der Waals surface area contributed by atoms with Gasteiger partial charge < -0.3 is 10.0 Å². The molecule has 1 aliphatic heterocycles. The Kier molecular flexibility index (Phi) is 6.34. The second-order valence-electron chi connectivity index (χ2n) is 7.17. The normalized spacial score (nSPS) is 18.1. The summed E-state index contributed by atoms with van der Waals surface area (Å²) in [4.78, 5) is 29.0. The number of likely N-dealkylation sites (tertiary alicyclic amines) is 1. The summed E-state index contributed by atoms with van der Waals surface area (Å²) >= 11 is 0. The number of hydrogen-bond donors (Lipinski definition) is 1. The Morgan fingerprint density at radius 2 is 2.04 bits per heavy atom. The van der Waals surface area contributed by atoms with E-state index in [4.69, 9.17) is 0 Å². The molecule has 0 unspecified atom stereocenters. The van der Waals surface area contributed by atoms with Crippen molar-refractivity contribution in [3.8, 4) is 5.75 Å². The third kappa shape index (κ3) is 5.23. The van der Waals surface area contributed by atoms with Gasteiger partial charge in [0.15, 0.2) is 0 Å². The summed E-state index contributed by atoms with van der Waals surface area (Å²) in [6, 6.07) is 3.72. The number of pyridine rings is 1. The van der Waals surface area contributed by atoms with Gasteiger partial charge in [-0.2, -0.15) is 0 Å². The first kappa shape index (κ1) is 19.2. The summed E-state index contributed by atoms with van der Waals surface area (Å²) in [5, 5.41) is 10.1. The maximum Gasteiger partial charge on any atom is 0.219 e. The molecule has 27 heavy (non-hydrogen) atoms. The molecule has 1 atom stereocenters. The molecule has 144 valence electrons. The van der Waals surface area contributed by atoms with Crippen molar-refractivity contribution in [2.45, 2.75) is 52.2 Å². The Balaban J connectivity index is 1.64. The van der Waals surface area contributed by atoms with Gasteiger partial charge in [-0.05, 0) is 44.9 Å². The minimum atomic E-state index is 0.0790. The van der Waals surface area contributed by atoms with Crippen LogP contribution in [0.1, 0.15) is 43.1 Å². The van der Waals surface area contributed by atoms with Crippen LogP contribution in [0.5, 0.6) is 5.75 Å². The number of rotatable bonds is 5. The van der Waals surface area contributed by atoms with Crippen molar-refractivity contribution in [1.29, 1.82) is 0 Å². The fourth-order valence-corrected chi connectivity index (χ4v) is 3.65. The lowest BCUT2D eigenvalue weighted by Gasteiger charge is -2.30. The number of hydrogen-bond acceptors (Lipinski definition) is 6. The van der Waals surface area contributed by atoms with Gasteiger partial charge in [-0.15, -0.1) is 0 Å². The van der Waals surface area contributed by atoms with Gasteiger partial charge in [0.05, 0.1) is 5.69 Å². The van der Waals surface area contributed by atoms with E-state index in [1.165, 1.54) is 6.33 Å². The first-order valence-corrected chi connectivity index (χ1v) is 9.42. The maximum absolute atomic E-state index is 12.2. The lowest BCUT2D eigenvalue weighted by molar-refractivity contribution is -0.132. The Bertz CT molecular complexity index is 768. The van der Waals surface area contributed by atoms with E-state index >= 15 is 0 Å².